The predicted octanol–water partition coefficient (Wildman–Crippen LogP) is 0.921. The molecule has 94 valence electrons. The lowest BCUT2D eigenvalue weighted by Crippen LogP contribution is -2.47. The minimum Gasteiger partial charge on any atom is -0.328 e. The first kappa shape index (κ1) is 12.3. The van der Waals surface area contributed by atoms with Crippen LogP contribution in [0.5, 0.6) is 0 Å². The van der Waals surface area contributed by atoms with E-state index < -0.39 is 0 Å². The summed E-state index contributed by atoms with van der Waals surface area (Å²) in [6.07, 6.45) is 5.40. The van der Waals surface area contributed by atoms with E-state index in [0.717, 1.165) is 0 Å². The van der Waals surface area contributed by atoms with Crippen molar-refractivity contribution in [3.63, 3.8) is 0 Å². The first-order chi connectivity index (χ1) is 8.07. The Morgan fingerprint density at radius 1 is 1.24 bits per heavy atom. The van der Waals surface area contributed by atoms with Crippen LogP contribution >= 0.6 is 0 Å². The number of allylic oxidation sites excluding steroid dienone is 2. The Labute approximate surface area is 102 Å². The summed E-state index contributed by atoms with van der Waals surface area (Å²) >= 11 is 0. The van der Waals surface area contributed by atoms with Crippen LogP contribution in [0.4, 0.5) is 0 Å². The van der Waals surface area contributed by atoms with E-state index in [1.54, 1.807) is 0 Å². The third-order valence-electron chi connectivity index (χ3n) is 3.88. The lowest BCUT2D eigenvalue weighted by molar-refractivity contribution is -0.143. The average Bonchev–Trinajstić information content (AvgIpc) is 2.56. The van der Waals surface area contributed by atoms with Gasteiger partial charge in [-0.1, -0.05) is 26.0 Å². The predicted molar refractivity (Wildman–Crippen MR) is 64.9 cm³/mol. The number of hydrogen-bond donors (Lipinski definition) is 1. The van der Waals surface area contributed by atoms with Crippen LogP contribution < -0.4 is 5.73 Å². The Hall–Kier alpha value is -1.16. The minimum absolute atomic E-state index is 0.0199. The summed E-state index contributed by atoms with van der Waals surface area (Å²) in [7, 11) is 0. The molecule has 0 spiro atoms. The highest BCUT2D eigenvalue weighted by atomic mass is 16.2. The highest BCUT2D eigenvalue weighted by molar-refractivity contribution is 6.05. The number of carbonyl (C=O) groups is 2. The first-order valence-electron chi connectivity index (χ1n) is 6.30. The highest BCUT2D eigenvalue weighted by Gasteiger charge is 2.49. The maximum atomic E-state index is 12.3. The molecule has 4 heteroatoms. The fourth-order valence-corrected chi connectivity index (χ4v) is 2.83. The van der Waals surface area contributed by atoms with Gasteiger partial charge < -0.3 is 5.73 Å². The van der Waals surface area contributed by atoms with E-state index in [0.29, 0.717) is 19.4 Å². The van der Waals surface area contributed by atoms with Gasteiger partial charge in [0.15, 0.2) is 0 Å². The molecular formula is C13H20N2O2. The van der Waals surface area contributed by atoms with Gasteiger partial charge in [-0.3, -0.25) is 14.5 Å². The van der Waals surface area contributed by atoms with E-state index in [-0.39, 0.29) is 35.6 Å². The first-order valence-corrected chi connectivity index (χ1v) is 6.30. The molecule has 3 unspecified atom stereocenters. The van der Waals surface area contributed by atoms with Gasteiger partial charge in [-0.05, 0) is 18.8 Å². The number of amides is 2. The molecule has 0 saturated carbocycles. The lowest BCUT2D eigenvalue weighted by Gasteiger charge is -2.28. The van der Waals surface area contributed by atoms with Crippen LogP contribution in [-0.4, -0.2) is 29.3 Å². The number of hydrogen-bond acceptors (Lipinski definition) is 3. The molecule has 1 aliphatic heterocycles. The molecule has 0 aromatic heterocycles. The van der Waals surface area contributed by atoms with Crippen molar-refractivity contribution in [3.8, 4) is 0 Å². The van der Waals surface area contributed by atoms with Crippen LogP contribution in [0, 0.1) is 17.8 Å². The lowest BCUT2D eigenvalue weighted by atomic mass is 9.85. The smallest absolute Gasteiger partial charge is 0.233 e. The number of rotatable bonds is 3. The van der Waals surface area contributed by atoms with Crippen molar-refractivity contribution in [2.75, 3.05) is 6.54 Å². The van der Waals surface area contributed by atoms with Gasteiger partial charge in [0.25, 0.3) is 0 Å². The van der Waals surface area contributed by atoms with Crippen LogP contribution in [0.25, 0.3) is 0 Å². The summed E-state index contributed by atoms with van der Waals surface area (Å²) in [5.41, 5.74) is 5.71. The summed E-state index contributed by atoms with van der Waals surface area (Å²) in [5.74, 6) is -0.108. The van der Waals surface area contributed by atoms with Gasteiger partial charge in [0.05, 0.1) is 17.9 Å². The van der Waals surface area contributed by atoms with Crippen LogP contribution in [0.1, 0.15) is 26.7 Å². The largest absolute Gasteiger partial charge is 0.328 e. The Morgan fingerprint density at radius 2 is 1.71 bits per heavy atom. The molecule has 2 aliphatic rings. The second-order valence-electron chi connectivity index (χ2n) is 5.25. The van der Waals surface area contributed by atoms with Crippen molar-refractivity contribution in [2.45, 2.75) is 32.7 Å². The quantitative estimate of drug-likeness (QED) is 0.585. The van der Waals surface area contributed by atoms with E-state index in [2.05, 4.69) is 0 Å². The molecule has 1 fully saturated rings. The summed E-state index contributed by atoms with van der Waals surface area (Å²) in [5, 5.41) is 0. The number of carbonyl (C=O) groups excluding carboxylic acids is 2. The highest BCUT2D eigenvalue weighted by Crippen LogP contribution is 2.36. The zero-order chi connectivity index (χ0) is 12.6. The van der Waals surface area contributed by atoms with Crippen LogP contribution in [0.15, 0.2) is 12.2 Å². The molecule has 0 radical (unpaired) electrons. The third-order valence-corrected chi connectivity index (χ3v) is 3.88. The molecule has 0 bridgehead atoms. The van der Waals surface area contributed by atoms with Gasteiger partial charge in [-0.2, -0.15) is 0 Å². The molecule has 17 heavy (non-hydrogen) atoms. The molecule has 0 aromatic carbocycles. The average molecular weight is 236 g/mol. The number of nitrogens with two attached hydrogens (primary N) is 1. The Kier molecular flexibility index (Phi) is 3.33. The zero-order valence-corrected chi connectivity index (χ0v) is 10.4. The Balaban J connectivity index is 2.25. The minimum atomic E-state index is -0.152. The standard InChI is InChI=1S/C13H20N2O2/c1-8(2)11(7-14)15-12(16)9-5-3-4-6-10(9)13(15)17/h3-4,8-11H,5-7,14H2,1-2H3. The maximum absolute atomic E-state index is 12.3. The molecule has 2 N–H and O–H groups in total. The van der Waals surface area contributed by atoms with Crippen molar-refractivity contribution < 1.29 is 9.59 Å². The van der Waals surface area contributed by atoms with Gasteiger partial charge in [0, 0.05) is 6.54 Å². The summed E-state index contributed by atoms with van der Waals surface area (Å²) in [6, 6.07) is -0.152. The maximum Gasteiger partial charge on any atom is 0.233 e. The summed E-state index contributed by atoms with van der Waals surface area (Å²) in [4.78, 5) is 26.0. The molecule has 1 heterocycles. The number of nitrogens with zero attached hydrogens (tertiary/aromatic N) is 1. The van der Waals surface area contributed by atoms with E-state index in [4.69, 9.17) is 5.73 Å². The molecule has 3 atom stereocenters. The van der Waals surface area contributed by atoms with Crippen molar-refractivity contribution in [3.05, 3.63) is 12.2 Å². The van der Waals surface area contributed by atoms with Gasteiger partial charge in [0.1, 0.15) is 0 Å². The topological polar surface area (TPSA) is 63.4 Å². The number of imide groups is 1. The number of likely N-dealkylation sites (tertiary alicyclic amines) is 1. The molecule has 2 rings (SSSR count). The molecule has 1 aliphatic carbocycles. The molecular weight excluding hydrogens is 216 g/mol. The Bertz CT molecular complexity index is 336. The van der Waals surface area contributed by atoms with E-state index in [1.165, 1.54) is 4.90 Å². The molecule has 0 aromatic rings. The van der Waals surface area contributed by atoms with Gasteiger partial charge in [-0.15, -0.1) is 0 Å². The van der Waals surface area contributed by atoms with E-state index >= 15 is 0 Å². The van der Waals surface area contributed by atoms with Crippen LogP contribution in [0.3, 0.4) is 0 Å². The van der Waals surface area contributed by atoms with Crippen molar-refractivity contribution in [2.24, 2.45) is 23.5 Å². The van der Waals surface area contributed by atoms with Crippen LogP contribution in [0.2, 0.25) is 0 Å². The van der Waals surface area contributed by atoms with Gasteiger partial charge >= 0.3 is 0 Å². The Morgan fingerprint density at radius 3 is 2.06 bits per heavy atom. The van der Waals surface area contributed by atoms with E-state index in [1.807, 2.05) is 26.0 Å². The van der Waals surface area contributed by atoms with E-state index in [9.17, 15) is 9.59 Å². The molecule has 2 amide bonds. The normalized spacial score (nSPS) is 30.0. The van der Waals surface area contributed by atoms with Gasteiger partial charge in [-0.25, -0.2) is 0 Å². The summed E-state index contributed by atoms with van der Waals surface area (Å²) < 4.78 is 0. The fraction of sp³-hybridized carbons (Fsp3) is 0.692. The zero-order valence-electron chi connectivity index (χ0n) is 10.4. The van der Waals surface area contributed by atoms with Crippen molar-refractivity contribution >= 4 is 11.8 Å². The monoisotopic (exact) mass is 236 g/mol. The molecule has 1 saturated heterocycles. The fourth-order valence-electron chi connectivity index (χ4n) is 2.83. The summed E-state index contributed by atoms with van der Waals surface area (Å²) in [6.45, 7) is 4.35. The van der Waals surface area contributed by atoms with Gasteiger partial charge in [0.2, 0.25) is 11.8 Å². The van der Waals surface area contributed by atoms with Crippen LogP contribution in [-0.2, 0) is 9.59 Å². The molecule has 4 nitrogen and oxygen atoms in total. The van der Waals surface area contributed by atoms with Crippen molar-refractivity contribution in [1.29, 1.82) is 0 Å². The third kappa shape index (κ3) is 1.90. The number of fused-ring (bicyclic) bond motifs is 1. The van der Waals surface area contributed by atoms with Crippen molar-refractivity contribution in [1.82, 2.24) is 4.90 Å². The SMILES string of the molecule is CC(C)C(CN)N1C(=O)C2CC=CCC2C1=O. The second kappa shape index (κ2) is 4.61. The second-order valence-corrected chi connectivity index (χ2v) is 5.25.